The average Bonchev–Trinajstić information content (AvgIpc) is 3.02. The number of hydrogen-bond donors (Lipinski definition) is 4. The third-order valence-electron chi connectivity index (χ3n) is 3.29. The summed E-state index contributed by atoms with van der Waals surface area (Å²) in [6.45, 7) is 2.49. The van der Waals surface area contributed by atoms with Crippen LogP contribution < -0.4 is 17.2 Å². The van der Waals surface area contributed by atoms with Crippen molar-refractivity contribution in [3.05, 3.63) is 0 Å². The van der Waals surface area contributed by atoms with E-state index in [2.05, 4.69) is 4.99 Å². The van der Waals surface area contributed by atoms with Crippen molar-refractivity contribution in [2.24, 2.45) is 34.0 Å². The molecule has 0 spiro atoms. The van der Waals surface area contributed by atoms with E-state index in [0.29, 0.717) is 11.9 Å². The van der Waals surface area contributed by atoms with Crippen LogP contribution in [-0.2, 0) is 4.79 Å². The van der Waals surface area contributed by atoms with Crippen LogP contribution in [0.3, 0.4) is 0 Å². The van der Waals surface area contributed by atoms with E-state index < -0.39 is 12.0 Å². The number of carboxylic acid groups (broad SMARTS) is 1. The van der Waals surface area contributed by atoms with E-state index in [1.165, 1.54) is 0 Å². The van der Waals surface area contributed by atoms with Gasteiger partial charge in [0.05, 0.1) is 6.17 Å². The van der Waals surface area contributed by atoms with E-state index in [1.54, 1.807) is 6.92 Å². The largest absolute Gasteiger partial charge is 0.480 e. The molecule has 4 unspecified atom stereocenters. The summed E-state index contributed by atoms with van der Waals surface area (Å²) >= 11 is 0. The smallest absolute Gasteiger partial charge is 0.320 e. The van der Waals surface area contributed by atoms with Crippen molar-refractivity contribution >= 4 is 11.9 Å². The van der Waals surface area contributed by atoms with Gasteiger partial charge in [0.15, 0.2) is 5.96 Å². The molecule has 7 heteroatoms. The zero-order valence-electron chi connectivity index (χ0n) is 10.9. The Kier molecular flexibility index (Phi) is 4.92. The number of guanidine groups is 1. The van der Waals surface area contributed by atoms with E-state index in [0.717, 1.165) is 19.4 Å². The second kappa shape index (κ2) is 6.01. The SMILES string of the molecule is CC(N)N=C(N)N(C)CCC1CC1C(N)C(=O)O. The van der Waals surface area contributed by atoms with Crippen LogP contribution >= 0.6 is 0 Å². The Hall–Kier alpha value is -1.34. The lowest BCUT2D eigenvalue weighted by Gasteiger charge is -2.18. The molecule has 7 N–H and O–H groups in total. The molecule has 0 aromatic carbocycles. The van der Waals surface area contributed by atoms with E-state index in [1.807, 2.05) is 11.9 Å². The van der Waals surface area contributed by atoms with Gasteiger partial charge >= 0.3 is 5.97 Å². The van der Waals surface area contributed by atoms with Crippen LogP contribution in [0.5, 0.6) is 0 Å². The summed E-state index contributed by atoms with van der Waals surface area (Å²) in [6, 6.07) is -0.740. The van der Waals surface area contributed by atoms with Gasteiger partial charge in [0.1, 0.15) is 6.04 Å². The fourth-order valence-electron chi connectivity index (χ4n) is 2.01. The molecule has 4 atom stereocenters. The molecule has 1 aliphatic carbocycles. The maximum Gasteiger partial charge on any atom is 0.320 e. The van der Waals surface area contributed by atoms with Gasteiger partial charge in [0.25, 0.3) is 0 Å². The number of rotatable bonds is 6. The molecule has 1 saturated carbocycles. The van der Waals surface area contributed by atoms with Crippen LogP contribution in [0.4, 0.5) is 0 Å². The van der Waals surface area contributed by atoms with Gasteiger partial charge in [-0.2, -0.15) is 0 Å². The lowest BCUT2D eigenvalue weighted by molar-refractivity contribution is -0.139. The van der Waals surface area contributed by atoms with Crippen LogP contribution in [0.2, 0.25) is 0 Å². The summed E-state index contributed by atoms with van der Waals surface area (Å²) in [5.41, 5.74) is 16.8. The number of aliphatic carboxylic acids is 1. The van der Waals surface area contributed by atoms with Crippen molar-refractivity contribution in [2.45, 2.75) is 32.0 Å². The highest BCUT2D eigenvalue weighted by molar-refractivity contribution is 5.77. The second-order valence-electron chi connectivity index (χ2n) is 4.96. The van der Waals surface area contributed by atoms with Crippen molar-refractivity contribution in [1.29, 1.82) is 0 Å². The third kappa shape index (κ3) is 4.15. The van der Waals surface area contributed by atoms with E-state index in [-0.39, 0.29) is 12.1 Å². The standard InChI is InChI=1S/C11H23N5O2/c1-6(12)15-11(14)16(2)4-3-7-5-8(7)9(13)10(17)18/h6-9H,3-5,12-13H2,1-2H3,(H2,14,15)(H,17,18). The summed E-state index contributed by atoms with van der Waals surface area (Å²) in [5.74, 6) is -0.0391. The fourth-order valence-corrected chi connectivity index (χ4v) is 2.01. The first-order valence-electron chi connectivity index (χ1n) is 6.11. The highest BCUT2D eigenvalue weighted by Crippen LogP contribution is 2.43. The van der Waals surface area contributed by atoms with Crippen molar-refractivity contribution < 1.29 is 9.90 Å². The number of carbonyl (C=O) groups is 1. The van der Waals surface area contributed by atoms with E-state index >= 15 is 0 Å². The Bertz CT molecular complexity index is 331. The molecule has 7 nitrogen and oxygen atoms in total. The molecule has 1 fully saturated rings. The third-order valence-corrected chi connectivity index (χ3v) is 3.29. The number of nitrogens with zero attached hydrogens (tertiary/aromatic N) is 2. The van der Waals surface area contributed by atoms with Crippen molar-refractivity contribution in [1.82, 2.24) is 4.90 Å². The molecule has 1 rings (SSSR count). The second-order valence-corrected chi connectivity index (χ2v) is 4.96. The molecule has 104 valence electrons. The Morgan fingerprint density at radius 1 is 1.56 bits per heavy atom. The zero-order chi connectivity index (χ0) is 13.9. The van der Waals surface area contributed by atoms with Crippen LogP contribution in [0.1, 0.15) is 19.8 Å². The first-order chi connectivity index (χ1) is 8.32. The average molecular weight is 257 g/mol. The molecule has 0 saturated heterocycles. The van der Waals surface area contributed by atoms with Crippen LogP contribution in [0, 0.1) is 11.8 Å². The van der Waals surface area contributed by atoms with Gasteiger partial charge in [0, 0.05) is 13.6 Å². The molecule has 0 bridgehead atoms. The summed E-state index contributed by atoms with van der Waals surface area (Å²) in [6.07, 6.45) is 1.43. The minimum absolute atomic E-state index is 0.0995. The van der Waals surface area contributed by atoms with E-state index in [4.69, 9.17) is 22.3 Å². The summed E-state index contributed by atoms with van der Waals surface area (Å²) in [5, 5.41) is 8.79. The van der Waals surface area contributed by atoms with Gasteiger partial charge < -0.3 is 27.2 Å². The van der Waals surface area contributed by atoms with Gasteiger partial charge in [-0.25, -0.2) is 4.99 Å². The Labute approximate surface area is 107 Å². The molecule has 18 heavy (non-hydrogen) atoms. The Balaban J connectivity index is 2.29. The van der Waals surface area contributed by atoms with E-state index in [9.17, 15) is 4.79 Å². The monoisotopic (exact) mass is 257 g/mol. The predicted molar refractivity (Wildman–Crippen MR) is 69.7 cm³/mol. The van der Waals surface area contributed by atoms with Crippen LogP contribution in [0.15, 0.2) is 4.99 Å². The first-order valence-corrected chi connectivity index (χ1v) is 6.11. The lowest BCUT2D eigenvalue weighted by atomic mass is 10.1. The maximum atomic E-state index is 10.7. The molecule has 0 radical (unpaired) electrons. The number of carboxylic acids is 1. The van der Waals surface area contributed by atoms with Crippen molar-refractivity contribution in [3.8, 4) is 0 Å². The quantitative estimate of drug-likeness (QED) is 0.355. The van der Waals surface area contributed by atoms with Gasteiger partial charge in [-0.15, -0.1) is 0 Å². The Morgan fingerprint density at radius 3 is 2.67 bits per heavy atom. The molecular weight excluding hydrogens is 234 g/mol. The lowest BCUT2D eigenvalue weighted by Crippen LogP contribution is -2.37. The molecule has 0 aliphatic heterocycles. The molecule has 0 amide bonds. The first kappa shape index (κ1) is 14.7. The summed E-state index contributed by atoms with van der Waals surface area (Å²) in [4.78, 5) is 16.6. The zero-order valence-corrected chi connectivity index (χ0v) is 10.9. The molecule has 0 aromatic rings. The summed E-state index contributed by atoms with van der Waals surface area (Å²) < 4.78 is 0. The Morgan fingerprint density at radius 2 is 2.17 bits per heavy atom. The van der Waals surface area contributed by atoms with Crippen LogP contribution in [-0.4, -0.2) is 47.7 Å². The maximum absolute atomic E-state index is 10.7. The number of hydrogen-bond acceptors (Lipinski definition) is 4. The van der Waals surface area contributed by atoms with Crippen LogP contribution in [0.25, 0.3) is 0 Å². The molecule has 0 heterocycles. The van der Waals surface area contributed by atoms with Crippen molar-refractivity contribution in [3.63, 3.8) is 0 Å². The number of aliphatic imine (C=N–C) groups is 1. The highest BCUT2D eigenvalue weighted by atomic mass is 16.4. The fraction of sp³-hybridized carbons (Fsp3) is 0.818. The minimum Gasteiger partial charge on any atom is -0.480 e. The summed E-state index contributed by atoms with van der Waals surface area (Å²) in [7, 11) is 1.84. The predicted octanol–water partition coefficient (Wildman–Crippen LogP) is -1.02. The van der Waals surface area contributed by atoms with Gasteiger partial charge in [-0.3, -0.25) is 4.79 Å². The molecule has 0 aromatic heterocycles. The van der Waals surface area contributed by atoms with Gasteiger partial charge in [-0.05, 0) is 31.6 Å². The highest BCUT2D eigenvalue weighted by Gasteiger charge is 2.43. The van der Waals surface area contributed by atoms with Gasteiger partial charge in [-0.1, -0.05) is 0 Å². The molecule has 1 aliphatic rings. The van der Waals surface area contributed by atoms with Gasteiger partial charge in [0.2, 0.25) is 0 Å². The number of nitrogens with two attached hydrogens (primary N) is 3. The van der Waals surface area contributed by atoms with Crippen molar-refractivity contribution in [2.75, 3.05) is 13.6 Å². The minimum atomic E-state index is -0.922. The normalized spacial score (nSPS) is 26.6. The topological polar surface area (TPSA) is 131 Å². The molecular formula is C11H23N5O2.